The van der Waals surface area contributed by atoms with Crippen LogP contribution in [0.5, 0.6) is 0 Å². The summed E-state index contributed by atoms with van der Waals surface area (Å²) in [5.74, 6) is -0.312. The summed E-state index contributed by atoms with van der Waals surface area (Å²) < 4.78 is 40.1. The number of halogens is 3. The lowest BCUT2D eigenvalue weighted by Gasteiger charge is -2.14. The van der Waals surface area contributed by atoms with E-state index in [2.05, 4.69) is 10.3 Å². The molecular formula is C24H17F3N2O. The highest BCUT2D eigenvalue weighted by Crippen LogP contribution is 2.37. The van der Waals surface area contributed by atoms with E-state index in [-0.39, 0.29) is 11.5 Å². The highest BCUT2D eigenvalue weighted by atomic mass is 19.4. The Labute approximate surface area is 171 Å². The van der Waals surface area contributed by atoms with Crippen LogP contribution in [-0.2, 0) is 6.18 Å². The lowest BCUT2D eigenvalue weighted by atomic mass is 9.97. The molecule has 0 aliphatic heterocycles. The summed E-state index contributed by atoms with van der Waals surface area (Å²) in [6, 6.07) is 19.3. The molecule has 3 nitrogen and oxygen atoms in total. The summed E-state index contributed by atoms with van der Waals surface area (Å²) in [5.41, 5.74) is 2.26. The molecule has 0 fully saturated rings. The predicted molar refractivity (Wildman–Crippen MR) is 111 cm³/mol. The SMILES string of the molecule is Cc1ccc(C(F)(F)F)c(-c2ccc(NC(=O)c3ccnc4ccccc34)cc2)c1. The quantitative estimate of drug-likeness (QED) is 0.423. The number of fused-ring (bicyclic) bond motifs is 1. The summed E-state index contributed by atoms with van der Waals surface area (Å²) >= 11 is 0. The van der Waals surface area contributed by atoms with Gasteiger partial charge in [-0.15, -0.1) is 0 Å². The number of nitrogens with zero attached hydrogens (tertiary/aromatic N) is 1. The number of aryl methyl sites for hydroxylation is 1. The minimum Gasteiger partial charge on any atom is -0.322 e. The topological polar surface area (TPSA) is 42.0 Å². The van der Waals surface area contributed by atoms with Crippen molar-refractivity contribution in [3.63, 3.8) is 0 Å². The standard InChI is InChI=1S/C24H17F3N2O/c1-15-6-11-21(24(25,26)27)20(14-15)16-7-9-17(10-8-16)29-23(30)19-12-13-28-22-5-3-2-4-18(19)22/h2-14H,1H3,(H,29,30). The second-order valence-corrected chi connectivity index (χ2v) is 6.95. The fraction of sp³-hybridized carbons (Fsp3) is 0.0833. The molecule has 0 unspecified atom stereocenters. The maximum Gasteiger partial charge on any atom is 0.417 e. The largest absolute Gasteiger partial charge is 0.417 e. The summed E-state index contributed by atoms with van der Waals surface area (Å²) in [5, 5.41) is 3.52. The van der Waals surface area contributed by atoms with Gasteiger partial charge >= 0.3 is 6.18 Å². The van der Waals surface area contributed by atoms with E-state index in [4.69, 9.17) is 0 Å². The maximum absolute atomic E-state index is 13.4. The van der Waals surface area contributed by atoms with Gasteiger partial charge in [-0.3, -0.25) is 9.78 Å². The van der Waals surface area contributed by atoms with Crippen molar-refractivity contribution in [3.05, 3.63) is 95.7 Å². The number of carbonyl (C=O) groups excluding carboxylic acids is 1. The molecule has 0 atom stereocenters. The number of benzene rings is 3. The molecule has 0 aliphatic carbocycles. The number of alkyl halides is 3. The molecule has 3 aromatic carbocycles. The van der Waals surface area contributed by atoms with E-state index >= 15 is 0 Å². The van der Waals surface area contributed by atoms with Crippen molar-refractivity contribution in [1.82, 2.24) is 4.98 Å². The molecule has 1 aromatic heterocycles. The average Bonchev–Trinajstić information content (AvgIpc) is 2.73. The first kappa shape index (κ1) is 19.6. The summed E-state index contributed by atoms with van der Waals surface area (Å²) in [6.07, 6.45) is -2.88. The van der Waals surface area contributed by atoms with Crippen molar-refractivity contribution in [3.8, 4) is 11.1 Å². The van der Waals surface area contributed by atoms with E-state index in [1.807, 2.05) is 24.3 Å². The minimum atomic E-state index is -4.45. The Balaban J connectivity index is 1.62. The van der Waals surface area contributed by atoms with Crippen molar-refractivity contribution in [2.45, 2.75) is 13.1 Å². The number of anilines is 1. The fourth-order valence-electron chi connectivity index (χ4n) is 3.37. The van der Waals surface area contributed by atoms with Gasteiger partial charge in [-0.2, -0.15) is 13.2 Å². The number of carbonyl (C=O) groups is 1. The Morgan fingerprint density at radius 2 is 1.67 bits per heavy atom. The van der Waals surface area contributed by atoms with Crippen molar-refractivity contribution < 1.29 is 18.0 Å². The number of para-hydroxylation sites is 1. The lowest BCUT2D eigenvalue weighted by Crippen LogP contribution is -2.12. The molecular weight excluding hydrogens is 389 g/mol. The molecule has 4 rings (SSSR count). The van der Waals surface area contributed by atoms with E-state index in [0.29, 0.717) is 22.3 Å². The van der Waals surface area contributed by atoms with Gasteiger partial charge in [0, 0.05) is 17.3 Å². The van der Waals surface area contributed by atoms with Gasteiger partial charge in [0.15, 0.2) is 0 Å². The average molecular weight is 406 g/mol. The van der Waals surface area contributed by atoms with E-state index in [1.165, 1.54) is 12.1 Å². The van der Waals surface area contributed by atoms with Crippen molar-refractivity contribution in [2.24, 2.45) is 0 Å². The zero-order valence-electron chi connectivity index (χ0n) is 16.0. The van der Waals surface area contributed by atoms with E-state index in [0.717, 1.165) is 17.0 Å². The summed E-state index contributed by atoms with van der Waals surface area (Å²) in [6.45, 7) is 1.75. The summed E-state index contributed by atoms with van der Waals surface area (Å²) in [7, 11) is 0. The molecule has 0 radical (unpaired) electrons. The molecule has 1 N–H and O–H groups in total. The van der Waals surface area contributed by atoms with Crippen LogP contribution in [0.2, 0.25) is 0 Å². The van der Waals surface area contributed by atoms with Crippen molar-refractivity contribution in [2.75, 3.05) is 5.32 Å². The second kappa shape index (κ2) is 7.63. The van der Waals surface area contributed by atoms with Crippen LogP contribution in [0.15, 0.2) is 79.0 Å². The zero-order valence-corrected chi connectivity index (χ0v) is 16.0. The fourth-order valence-corrected chi connectivity index (χ4v) is 3.37. The first-order valence-electron chi connectivity index (χ1n) is 9.26. The Hall–Kier alpha value is -3.67. The van der Waals surface area contributed by atoms with Gasteiger partial charge in [0.2, 0.25) is 0 Å². The molecule has 150 valence electrons. The second-order valence-electron chi connectivity index (χ2n) is 6.95. The van der Waals surface area contributed by atoms with Crippen LogP contribution in [0.1, 0.15) is 21.5 Å². The molecule has 0 bridgehead atoms. The van der Waals surface area contributed by atoms with E-state index < -0.39 is 11.7 Å². The number of hydrogen-bond acceptors (Lipinski definition) is 2. The number of rotatable bonds is 3. The summed E-state index contributed by atoms with van der Waals surface area (Å²) in [4.78, 5) is 17.0. The lowest BCUT2D eigenvalue weighted by molar-refractivity contribution is -0.137. The molecule has 0 spiro atoms. The van der Waals surface area contributed by atoms with Gasteiger partial charge in [0.1, 0.15) is 0 Å². The highest BCUT2D eigenvalue weighted by Gasteiger charge is 2.33. The van der Waals surface area contributed by atoms with Gasteiger partial charge in [-0.05, 0) is 48.4 Å². The van der Waals surface area contributed by atoms with Crippen LogP contribution >= 0.6 is 0 Å². The number of aromatic nitrogens is 1. The van der Waals surface area contributed by atoms with Crippen LogP contribution in [0.25, 0.3) is 22.0 Å². The Morgan fingerprint density at radius 1 is 0.933 bits per heavy atom. The van der Waals surface area contributed by atoms with Crippen LogP contribution in [0.4, 0.5) is 18.9 Å². The number of nitrogens with one attached hydrogen (secondary N) is 1. The third-order valence-corrected chi connectivity index (χ3v) is 4.83. The number of hydrogen-bond donors (Lipinski definition) is 1. The van der Waals surface area contributed by atoms with Crippen molar-refractivity contribution in [1.29, 1.82) is 0 Å². The van der Waals surface area contributed by atoms with Crippen LogP contribution in [0.3, 0.4) is 0 Å². The molecule has 0 aliphatic rings. The van der Waals surface area contributed by atoms with Crippen molar-refractivity contribution >= 4 is 22.5 Å². The molecule has 4 aromatic rings. The number of amides is 1. The monoisotopic (exact) mass is 406 g/mol. The minimum absolute atomic E-state index is 0.112. The van der Waals surface area contributed by atoms with Gasteiger partial charge < -0.3 is 5.32 Å². The molecule has 0 saturated heterocycles. The van der Waals surface area contributed by atoms with Gasteiger partial charge in [-0.25, -0.2) is 0 Å². The van der Waals surface area contributed by atoms with Crippen LogP contribution in [-0.4, -0.2) is 10.9 Å². The van der Waals surface area contributed by atoms with Crippen LogP contribution in [0, 0.1) is 6.92 Å². The molecule has 0 saturated carbocycles. The number of pyridine rings is 1. The first-order chi connectivity index (χ1) is 14.3. The van der Waals surface area contributed by atoms with Gasteiger partial charge in [0.05, 0.1) is 16.6 Å². The zero-order chi connectivity index (χ0) is 21.3. The van der Waals surface area contributed by atoms with Gasteiger partial charge in [-0.1, -0.05) is 48.0 Å². The van der Waals surface area contributed by atoms with E-state index in [9.17, 15) is 18.0 Å². The molecule has 30 heavy (non-hydrogen) atoms. The molecule has 1 heterocycles. The smallest absolute Gasteiger partial charge is 0.322 e. The van der Waals surface area contributed by atoms with Gasteiger partial charge in [0.25, 0.3) is 5.91 Å². The molecule has 6 heteroatoms. The molecule has 1 amide bonds. The Kier molecular flexibility index (Phi) is 4.99. The third-order valence-electron chi connectivity index (χ3n) is 4.83. The first-order valence-corrected chi connectivity index (χ1v) is 9.26. The third kappa shape index (κ3) is 3.89. The van der Waals surface area contributed by atoms with E-state index in [1.54, 1.807) is 43.5 Å². The normalized spacial score (nSPS) is 11.5. The Morgan fingerprint density at radius 3 is 2.40 bits per heavy atom. The Bertz CT molecular complexity index is 1230. The van der Waals surface area contributed by atoms with Crippen LogP contribution < -0.4 is 5.32 Å². The maximum atomic E-state index is 13.4. The highest BCUT2D eigenvalue weighted by molar-refractivity contribution is 6.12. The predicted octanol–water partition coefficient (Wildman–Crippen LogP) is 6.48.